The van der Waals surface area contributed by atoms with E-state index in [9.17, 15) is 45.9 Å². The summed E-state index contributed by atoms with van der Waals surface area (Å²) in [6.07, 6.45) is -14.7. The first-order valence-electron chi connectivity index (χ1n) is 9.03. The van der Waals surface area contributed by atoms with Crippen molar-refractivity contribution in [2.45, 2.75) is 31.3 Å². The van der Waals surface area contributed by atoms with Crippen molar-refractivity contribution in [3.8, 4) is 11.8 Å². The van der Waals surface area contributed by atoms with Gasteiger partial charge in [0.05, 0.1) is 29.1 Å². The summed E-state index contributed by atoms with van der Waals surface area (Å²) in [6.45, 7) is 1.57. The molecule has 0 radical (unpaired) electrons. The van der Waals surface area contributed by atoms with Gasteiger partial charge >= 0.3 is 12.4 Å². The molecule has 0 bridgehead atoms. The van der Waals surface area contributed by atoms with Crippen LogP contribution < -0.4 is 5.32 Å². The van der Waals surface area contributed by atoms with E-state index in [1.807, 2.05) is 11.4 Å². The normalized spacial score (nSPS) is 12.6. The molecule has 33 heavy (non-hydrogen) atoms. The number of hydrogen-bond donors (Lipinski definition) is 2. The fourth-order valence-electron chi connectivity index (χ4n) is 3.05. The van der Waals surface area contributed by atoms with Gasteiger partial charge < -0.3 is 5.11 Å². The highest BCUT2D eigenvalue weighted by atomic mass is 19.4. The number of nitrogens with zero attached hydrogens (tertiary/aromatic N) is 3. The van der Waals surface area contributed by atoms with Gasteiger partial charge in [-0.3, -0.25) is 14.7 Å². The monoisotopic (exact) mass is 474 g/mol. The number of rotatable bonds is 4. The summed E-state index contributed by atoms with van der Waals surface area (Å²) >= 11 is 0. The van der Waals surface area contributed by atoms with Gasteiger partial charge in [-0.05, 0) is 48.9 Å². The molecule has 0 saturated heterocycles. The van der Waals surface area contributed by atoms with Crippen molar-refractivity contribution in [1.82, 2.24) is 9.55 Å². The first-order chi connectivity index (χ1) is 15.2. The Morgan fingerprint density at radius 3 is 2.21 bits per heavy atom. The van der Waals surface area contributed by atoms with Gasteiger partial charge in [0.15, 0.2) is 0 Å². The number of halogens is 7. The zero-order valence-corrected chi connectivity index (χ0v) is 16.5. The lowest BCUT2D eigenvalue weighted by molar-refractivity contribution is -0.366. The van der Waals surface area contributed by atoms with E-state index in [1.54, 1.807) is 6.92 Å². The van der Waals surface area contributed by atoms with Crippen LogP contribution in [0.2, 0.25) is 0 Å². The van der Waals surface area contributed by atoms with Crippen molar-refractivity contribution in [3.63, 3.8) is 0 Å². The number of benzene rings is 2. The van der Waals surface area contributed by atoms with Crippen LogP contribution in [0.5, 0.6) is 0 Å². The molecular formula is C20H13F7N4O2. The number of nitriles is 1. The average Bonchev–Trinajstić information content (AvgIpc) is 3.02. The molecule has 3 rings (SSSR count). The Balaban J connectivity index is 2.11. The predicted octanol–water partition coefficient (Wildman–Crippen LogP) is 4.53. The number of amides is 1. The highest BCUT2D eigenvalue weighted by Crippen LogP contribution is 2.45. The van der Waals surface area contributed by atoms with Crippen LogP contribution >= 0.6 is 0 Å². The second-order valence-corrected chi connectivity index (χ2v) is 7.10. The van der Waals surface area contributed by atoms with E-state index in [0.717, 1.165) is 16.7 Å². The molecule has 3 aromatic rings. The van der Waals surface area contributed by atoms with E-state index in [-0.39, 0.29) is 22.3 Å². The highest BCUT2D eigenvalue weighted by molar-refractivity contribution is 5.93. The average molecular weight is 474 g/mol. The molecule has 2 aromatic carbocycles. The molecule has 1 heterocycles. The first-order valence-corrected chi connectivity index (χ1v) is 9.03. The van der Waals surface area contributed by atoms with Gasteiger partial charge in [0.2, 0.25) is 11.9 Å². The number of aromatic nitrogens is 2. The number of carbonyl (C=O) groups excluding carboxylic acids is 1. The smallest absolute Gasteiger partial charge is 0.373 e. The van der Waals surface area contributed by atoms with Gasteiger partial charge in [-0.2, -0.15) is 31.6 Å². The van der Waals surface area contributed by atoms with Gasteiger partial charge in [0, 0.05) is 5.69 Å². The molecule has 0 saturated carbocycles. The lowest BCUT2D eigenvalue weighted by Gasteiger charge is -2.31. The van der Waals surface area contributed by atoms with Crippen LogP contribution in [0.3, 0.4) is 0 Å². The number of hydrogen-bond acceptors (Lipinski definition) is 4. The van der Waals surface area contributed by atoms with Gasteiger partial charge in [-0.15, -0.1) is 0 Å². The standard InChI is InChI=1S/C20H13F7N4O2/c1-10-6-14-15(7-11(10)9-28)31(13-4-2-12(21)3-5-13)17(29-14)30-16(32)8-18(33,19(22,23)24)20(25,26)27/h2-7,33H,8H2,1H3,(H,29,30,32). The van der Waals surface area contributed by atoms with Crippen molar-refractivity contribution >= 4 is 22.9 Å². The number of anilines is 1. The molecule has 2 N–H and O–H groups in total. The summed E-state index contributed by atoms with van der Waals surface area (Å²) in [4.78, 5) is 16.2. The maximum atomic E-state index is 13.4. The fourth-order valence-corrected chi connectivity index (χ4v) is 3.05. The Morgan fingerprint density at radius 2 is 1.70 bits per heavy atom. The van der Waals surface area contributed by atoms with Crippen molar-refractivity contribution in [1.29, 1.82) is 5.26 Å². The second kappa shape index (κ2) is 8.04. The van der Waals surface area contributed by atoms with Crippen LogP contribution in [-0.4, -0.2) is 38.5 Å². The topological polar surface area (TPSA) is 90.9 Å². The molecule has 6 nitrogen and oxygen atoms in total. The largest absolute Gasteiger partial charge is 0.426 e. The van der Waals surface area contributed by atoms with E-state index >= 15 is 0 Å². The predicted molar refractivity (Wildman–Crippen MR) is 101 cm³/mol. The van der Waals surface area contributed by atoms with Crippen LogP contribution in [0.1, 0.15) is 17.5 Å². The van der Waals surface area contributed by atoms with Gasteiger partial charge in [0.1, 0.15) is 5.82 Å². The summed E-state index contributed by atoms with van der Waals surface area (Å²) in [7, 11) is 0. The van der Waals surface area contributed by atoms with E-state index in [0.29, 0.717) is 5.56 Å². The molecule has 0 aliphatic carbocycles. The molecule has 0 aliphatic rings. The minimum absolute atomic E-state index is 0.142. The third kappa shape index (κ3) is 4.34. The fraction of sp³-hybridized carbons (Fsp3) is 0.250. The Morgan fingerprint density at radius 1 is 1.12 bits per heavy atom. The second-order valence-electron chi connectivity index (χ2n) is 7.10. The molecule has 13 heteroatoms. The summed E-state index contributed by atoms with van der Waals surface area (Å²) < 4.78 is 92.1. The summed E-state index contributed by atoms with van der Waals surface area (Å²) in [5.41, 5.74) is -4.18. The molecule has 0 aliphatic heterocycles. The summed E-state index contributed by atoms with van der Waals surface area (Å²) in [5.74, 6) is -2.96. The summed E-state index contributed by atoms with van der Waals surface area (Å²) in [5, 5.41) is 20.4. The lowest BCUT2D eigenvalue weighted by Crippen LogP contribution is -2.58. The SMILES string of the molecule is Cc1cc2nc(NC(=O)CC(O)(C(F)(F)F)C(F)(F)F)n(-c3ccc(F)cc3)c2cc1C#N. The number of nitrogens with one attached hydrogen (secondary N) is 1. The van der Waals surface area contributed by atoms with Crippen LogP contribution in [0.25, 0.3) is 16.7 Å². The third-order valence-corrected chi connectivity index (χ3v) is 4.81. The number of carbonyl (C=O) groups is 1. The minimum atomic E-state index is -6.18. The number of fused-ring (bicyclic) bond motifs is 1. The molecule has 0 atom stereocenters. The Kier molecular flexibility index (Phi) is 5.84. The Hall–Kier alpha value is -3.66. The van der Waals surface area contributed by atoms with E-state index < -0.39 is 42.0 Å². The quantitative estimate of drug-likeness (QED) is 0.544. The van der Waals surface area contributed by atoms with Crippen LogP contribution in [0.4, 0.5) is 36.7 Å². The van der Waals surface area contributed by atoms with E-state index in [2.05, 4.69) is 4.98 Å². The Bertz CT molecular complexity index is 1240. The molecule has 0 spiro atoms. The minimum Gasteiger partial charge on any atom is -0.373 e. The molecule has 1 amide bonds. The van der Waals surface area contributed by atoms with Crippen LogP contribution in [0.15, 0.2) is 36.4 Å². The van der Waals surface area contributed by atoms with Crippen molar-refractivity contribution in [2.24, 2.45) is 0 Å². The highest BCUT2D eigenvalue weighted by Gasteiger charge is 2.71. The van der Waals surface area contributed by atoms with E-state index in [1.165, 1.54) is 24.3 Å². The molecule has 174 valence electrons. The van der Waals surface area contributed by atoms with Crippen LogP contribution in [-0.2, 0) is 4.79 Å². The van der Waals surface area contributed by atoms with Gasteiger partial charge in [-0.1, -0.05) is 0 Å². The van der Waals surface area contributed by atoms with Crippen molar-refractivity contribution in [3.05, 3.63) is 53.3 Å². The zero-order chi connectivity index (χ0) is 24.8. The number of aryl methyl sites for hydroxylation is 1. The third-order valence-electron chi connectivity index (χ3n) is 4.81. The first kappa shape index (κ1) is 24.0. The maximum absolute atomic E-state index is 13.4. The number of alkyl halides is 6. The van der Waals surface area contributed by atoms with Gasteiger partial charge in [0.25, 0.3) is 5.60 Å². The molecule has 0 fully saturated rings. The molecule has 0 unspecified atom stereocenters. The number of aliphatic hydroxyl groups is 1. The summed E-state index contributed by atoms with van der Waals surface area (Å²) in [6, 6.07) is 9.18. The van der Waals surface area contributed by atoms with Gasteiger partial charge in [-0.25, -0.2) is 9.37 Å². The maximum Gasteiger partial charge on any atom is 0.426 e. The number of imidazole rings is 1. The lowest BCUT2D eigenvalue weighted by atomic mass is 9.98. The van der Waals surface area contributed by atoms with Crippen molar-refractivity contribution < 1.29 is 40.6 Å². The van der Waals surface area contributed by atoms with E-state index in [4.69, 9.17) is 0 Å². The zero-order valence-electron chi connectivity index (χ0n) is 16.5. The van der Waals surface area contributed by atoms with Crippen LogP contribution in [0, 0.1) is 24.1 Å². The Labute approximate surface area is 180 Å². The molecular weight excluding hydrogens is 461 g/mol. The van der Waals surface area contributed by atoms with Crippen molar-refractivity contribution in [2.75, 3.05) is 5.32 Å². The molecule has 1 aromatic heterocycles.